The molecule has 1 unspecified atom stereocenters. The summed E-state index contributed by atoms with van der Waals surface area (Å²) in [6.07, 6.45) is 0.532. The Morgan fingerprint density at radius 1 is 1.54 bits per heavy atom. The van der Waals surface area contributed by atoms with Crippen molar-refractivity contribution in [3.8, 4) is 0 Å². The highest BCUT2D eigenvalue weighted by atomic mass is 35.5. The van der Waals surface area contributed by atoms with Gasteiger partial charge in [-0.1, -0.05) is 23.7 Å². The first-order valence-corrected chi connectivity index (χ1v) is 4.58. The van der Waals surface area contributed by atoms with Crippen LogP contribution in [0.4, 0.5) is 0 Å². The van der Waals surface area contributed by atoms with Gasteiger partial charge >= 0.3 is 0 Å². The van der Waals surface area contributed by atoms with E-state index in [1.165, 1.54) is 0 Å². The second-order valence-corrected chi connectivity index (χ2v) is 3.94. The minimum Gasteiger partial charge on any atom is -0.389 e. The summed E-state index contributed by atoms with van der Waals surface area (Å²) in [6, 6.07) is 7.44. The van der Waals surface area contributed by atoms with E-state index in [0.29, 0.717) is 11.4 Å². The molecular formula is C10H14ClNO. The van der Waals surface area contributed by atoms with Crippen LogP contribution in [-0.2, 0) is 6.42 Å². The fourth-order valence-electron chi connectivity index (χ4n) is 1.16. The summed E-state index contributed by atoms with van der Waals surface area (Å²) < 4.78 is 0. The van der Waals surface area contributed by atoms with Crippen molar-refractivity contribution in [3.63, 3.8) is 0 Å². The van der Waals surface area contributed by atoms with Crippen molar-refractivity contribution < 1.29 is 5.11 Å². The zero-order valence-electron chi connectivity index (χ0n) is 7.63. The number of benzene rings is 1. The molecule has 0 fully saturated rings. The van der Waals surface area contributed by atoms with E-state index in [9.17, 15) is 5.11 Å². The number of rotatable bonds is 3. The predicted octanol–water partition coefficient (Wildman–Crippen LogP) is 1.59. The molecule has 3 N–H and O–H groups in total. The monoisotopic (exact) mass is 199 g/mol. The molecular weight excluding hydrogens is 186 g/mol. The van der Waals surface area contributed by atoms with Gasteiger partial charge in [0.15, 0.2) is 0 Å². The van der Waals surface area contributed by atoms with Crippen LogP contribution < -0.4 is 5.73 Å². The van der Waals surface area contributed by atoms with E-state index >= 15 is 0 Å². The molecule has 72 valence electrons. The molecule has 0 saturated carbocycles. The van der Waals surface area contributed by atoms with E-state index in [1.807, 2.05) is 24.3 Å². The van der Waals surface area contributed by atoms with Crippen molar-refractivity contribution >= 4 is 11.6 Å². The fraction of sp³-hybridized carbons (Fsp3) is 0.400. The Hall–Kier alpha value is -0.570. The maximum absolute atomic E-state index is 9.70. The van der Waals surface area contributed by atoms with E-state index in [-0.39, 0.29) is 6.54 Å². The van der Waals surface area contributed by atoms with Crippen LogP contribution in [0.3, 0.4) is 0 Å². The van der Waals surface area contributed by atoms with Crippen LogP contribution in [0.2, 0.25) is 5.02 Å². The molecule has 2 nitrogen and oxygen atoms in total. The lowest BCUT2D eigenvalue weighted by atomic mass is 9.97. The first-order valence-electron chi connectivity index (χ1n) is 4.20. The first-order chi connectivity index (χ1) is 6.03. The van der Waals surface area contributed by atoms with Crippen molar-refractivity contribution in [1.82, 2.24) is 0 Å². The average molecular weight is 200 g/mol. The summed E-state index contributed by atoms with van der Waals surface area (Å²) in [7, 11) is 0. The normalized spacial score (nSPS) is 15.4. The van der Waals surface area contributed by atoms with Crippen LogP contribution >= 0.6 is 11.6 Å². The number of nitrogens with two attached hydrogens (primary N) is 1. The summed E-state index contributed by atoms with van der Waals surface area (Å²) in [5.74, 6) is 0. The van der Waals surface area contributed by atoms with Crippen LogP contribution in [0.15, 0.2) is 24.3 Å². The summed E-state index contributed by atoms with van der Waals surface area (Å²) in [4.78, 5) is 0. The van der Waals surface area contributed by atoms with E-state index in [4.69, 9.17) is 17.3 Å². The van der Waals surface area contributed by atoms with Gasteiger partial charge in [0.1, 0.15) is 0 Å². The highest BCUT2D eigenvalue weighted by molar-refractivity contribution is 6.30. The second-order valence-electron chi connectivity index (χ2n) is 3.51. The van der Waals surface area contributed by atoms with Gasteiger partial charge in [-0.2, -0.15) is 0 Å². The van der Waals surface area contributed by atoms with Gasteiger partial charge in [-0.05, 0) is 24.6 Å². The quantitative estimate of drug-likeness (QED) is 0.777. The Kier molecular flexibility index (Phi) is 3.31. The zero-order chi connectivity index (χ0) is 9.90. The number of halogens is 1. The summed E-state index contributed by atoms with van der Waals surface area (Å²) in [5.41, 5.74) is 5.57. The molecule has 0 amide bonds. The molecule has 0 heterocycles. The Balaban J connectivity index is 2.74. The number of hydrogen-bond acceptors (Lipinski definition) is 2. The highest BCUT2D eigenvalue weighted by Crippen LogP contribution is 2.16. The molecule has 0 spiro atoms. The van der Waals surface area contributed by atoms with Crippen LogP contribution in [0.25, 0.3) is 0 Å². The van der Waals surface area contributed by atoms with Crippen LogP contribution in [0.5, 0.6) is 0 Å². The lowest BCUT2D eigenvalue weighted by molar-refractivity contribution is 0.0696. The number of hydrogen-bond donors (Lipinski definition) is 2. The van der Waals surface area contributed by atoms with Gasteiger partial charge in [0.25, 0.3) is 0 Å². The first kappa shape index (κ1) is 10.5. The van der Waals surface area contributed by atoms with Gasteiger partial charge in [0, 0.05) is 18.0 Å². The molecule has 0 saturated heterocycles. The maximum atomic E-state index is 9.70. The predicted molar refractivity (Wildman–Crippen MR) is 54.8 cm³/mol. The summed E-state index contributed by atoms with van der Waals surface area (Å²) >= 11 is 5.80. The van der Waals surface area contributed by atoms with Crippen LogP contribution in [0, 0.1) is 0 Å². The largest absolute Gasteiger partial charge is 0.389 e. The van der Waals surface area contributed by atoms with Gasteiger partial charge in [0.2, 0.25) is 0 Å². The van der Waals surface area contributed by atoms with E-state index in [2.05, 4.69) is 0 Å². The van der Waals surface area contributed by atoms with E-state index in [0.717, 1.165) is 5.56 Å². The summed E-state index contributed by atoms with van der Waals surface area (Å²) in [5, 5.41) is 10.4. The molecule has 1 aromatic rings. The topological polar surface area (TPSA) is 46.2 Å². The van der Waals surface area contributed by atoms with E-state index in [1.54, 1.807) is 6.92 Å². The standard InChI is InChI=1S/C10H14ClNO/c1-10(13,7-12)6-8-3-2-4-9(11)5-8/h2-5,13H,6-7,12H2,1H3. The fourth-order valence-corrected chi connectivity index (χ4v) is 1.37. The number of aliphatic hydroxyl groups is 1. The maximum Gasteiger partial charge on any atom is 0.0781 e. The molecule has 1 aromatic carbocycles. The van der Waals surface area contributed by atoms with Crippen molar-refractivity contribution in [2.24, 2.45) is 5.73 Å². The lowest BCUT2D eigenvalue weighted by Gasteiger charge is -2.20. The Morgan fingerprint density at radius 2 is 2.23 bits per heavy atom. The van der Waals surface area contributed by atoms with Gasteiger partial charge < -0.3 is 10.8 Å². The van der Waals surface area contributed by atoms with Gasteiger partial charge in [-0.15, -0.1) is 0 Å². The molecule has 13 heavy (non-hydrogen) atoms. The van der Waals surface area contributed by atoms with E-state index < -0.39 is 5.60 Å². The third-order valence-corrected chi connectivity index (χ3v) is 2.15. The Labute approximate surface area is 83.3 Å². The SMILES string of the molecule is CC(O)(CN)Cc1cccc(Cl)c1. The Morgan fingerprint density at radius 3 is 2.77 bits per heavy atom. The molecule has 1 rings (SSSR count). The minimum absolute atomic E-state index is 0.250. The molecule has 3 heteroatoms. The molecule has 1 atom stereocenters. The molecule has 0 aliphatic rings. The van der Waals surface area contributed by atoms with Crippen molar-refractivity contribution in [2.75, 3.05) is 6.54 Å². The summed E-state index contributed by atoms with van der Waals surface area (Å²) in [6.45, 7) is 1.97. The smallest absolute Gasteiger partial charge is 0.0781 e. The third kappa shape index (κ3) is 3.35. The highest BCUT2D eigenvalue weighted by Gasteiger charge is 2.18. The molecule has 0 aliphatic carbocycles. The Bertz CT molecular complexity index is 286. The minimum atomic E-state index is -0.843. The van der Waals surface area contributed by atoms with Crippen molar-refractivity contribution in [1.29, 1.82) is 0 Å². The molecule has 0 aromatic heterocycles. The van der Waals surface area contributed by atoms with Crippen LogP contribution in [-0.4, -0.2) is 17.3 Å². The second kappa shape index (κ2) is 4.09. The van der Waals surface area contributed by atoms with Gasteiger partial charge in [-0.25, -0.2) is 0 Å². The van der Waals surface area contributed by atoms with Gasteiger partial charge in [-0.3, -0.25) is 0 Å². The average Bonchev–Trinajstić information content (AvgIpc) is 2.03. The third-order valence-electron chi connectivity index (χ3n) is 1.91. The van der Waals surface area contributed by atoms with Gasteiger partial charge in [0.05, 0.1) is 5.60 Å². The zero-order valence-corrected chi connectivity index (χ0v) is 8.38. The molecule has 0 radical (unpaired) electrons. The van der Waals surface area contributed by atoms with Crippen molar-refractivity contribution in [3.05, 3.63) is 34.9 Å². The molecule has 0 bridgehead atoms. The molecule has 0 aliphatic heterocycles. The van der Waals surface area contributed by atoms with Crippen molar-refractivity contribution in [2.45, 2.75) is 18.9 Å². The lowest BCUT2D eigenvalue weighted by Crippen LogP contribution is -2.36. The van der Waals surface area contributed by atoms with Crippen LogP contribution in [0.1, 0.15) is 12.5 Å².